The number of fused-ring (bicyclic) bond motifs is 2. The van der Waals surface area contributed by atoms with Crippen LogP contribution >= 0.6 is 0 Å². The van der Waals surface area contributed by atoms with E-state index in [1.54, 1.807) is 13.8 Å². The molecule has 154 valence electrons. The van der Waals surface area contributed by atoms with Crippen LogP contribution in [-0.2, 0) is 34.9 Å². The molecule has 28 heavy (non-hydrogen) atoms. The highest BCUT2D eigenvalue weighted by Crippen LogP contribution is 2.44. The Bertz CT molecular complexity index is 1010. The van der Waals surface area contributed by atoms with Crippen LogP contribution < -0.4 is 5.73 Å². The maximum Gasteiger partial charge on any atom is 0.264 e. The van der Waals surface area contributed by atoms with Crippen molar-refractivity contribution in [2.75, 3.05) is 18.6 Å². The minimum atomic E-state index is -3.63. The molecule has 2 aromatic rings. The van der Waals surface area contributed by atoms with Gasteiger partial charge in [0.05, 0.1) is 12.9 Å². The van der Waals surface area contributed by atoms with Crippen LogP contribution in [0.4, 0.5) is 5.82 Å². The zero-order valence-electron chi connectivity index (χ0n) is 16.0. The van der Waals surface area contributed by atoms with Crippen molar-refractivity contribution in [1.29, 1.82) is 0 Å². The summed E-state index contributed by atoms with van der Waals surface area (Å²) in [7, 11) is -3.63. The van der Waals surface area contributed by atoms with Crippen LogP contribution in [0.1, 0.15) is 32.8 Å². The zero-order valence-corrected chi connectivity index (χ0v) is 16.8. The van der Waals surface area contributed by atoms with Gasteiger partial charge in [-0.2, -0.15) is 8.42 Å². The Kier molecular flexibility index (Phi) is 4.58. The van der Waals surface area contributed by atoms with Crippen LogP contribution in [0.15, 0.2) is 6.33 Å². The molecule has 2 aliphatic heterocycles. The van der Waals surface area contributed by atoms with Gasteiger partial charge in [-0.1, -0.05) is 6.92 Å². The summed E-state index contributed by atoms with van der Waals surface area (Å²) in [4.78, 5) is 12.9. The molecule has 2 saturated heterocycles. The average molecular weight is 413 g/mol. The normalized spacial score (nSPS) is 29.4. The predicted octanol–water partition coefficient (Wildman–Crippen LogP) is 0.365. The highest BCUT2D eigenvalue weighted by molar-refractivity contribution is 7.85. The van der Waals surface area contributed by atoms with E-state index >= 15 is 0 Å². The fourth-order valence-corrected chi connectivity index (χ4v) is 4.06. The molecule has 0 amide bonds. The third-order valence-corrected chi connectivity index (χ3v) is 5.29. The second kappa shape index (κ2) is 6.59. The molecule has 0 saturated carbocycles. The molecule has 4 heterocycles. The standard InChI is InChI=1S/C16H23N5O6S/c1-5-9-20-10-13(17)18-7-19-14(10)21(9)15-12-11(26-16(2,3)27-12)8(25-15)6-24-28(4,22)23/h7-8,11-12,15H,5-6H2,1-4H3,(H2,17,18,19)/t8-,11-,12-,15-/m1/s1. The van der Waals surface area contributed by atoms with Gasteiger partial charge >= 0.3 is 0 Å². The van der Waals surface area contributed by atoms with Crippen LogP contribution in [0.3, 0.4) is 0 Å². The highest BCUT2D eigenvalue weighted by Gasteiger charge is 2.56. The lowest BCUT2D eigenvalue weighted by Crippen LogP contribution is -2.33. The monoisotopic (exact) mass is 413 g/mol. The smallest absolute Gasteiger partial charge is 0.264 e. The van der Waals surface area contributed by atoms with Gasteiger partial charge < -0.3 is 19.9 Å². The Morgan fingerprint density at radius 3 is 2.68 bits per heavy atom. The van der Waals surface area contributed by atoms with E-state index in [4.69, 9.17) is 24.1 Å². The van der Waals surface area contributed by atoms with E-state index in [-0.39, 0.29) is 12.4 Å². The lowest BCUT2D eigenvalue weighted by atomic mass is 10.1. The third-order valence-electron chi connectivity index (χ3n) is 4.72. The van der Waals surface area contributed by atoms with Gasteiger partial charge in [0, 0.05) is 6.42 Å². The average Bonchev–Trinajstić information content (AvgIpc) is 3.21. The zero-order chi connectivity index (χ0) is 20.3. The predicted molar refractivity (Wildman–Crippen MR) is 97.6 cm³/mol. The van der Waals surface area contributed by atoms with Gasteiger partial charge in [0.1, 0.15) is 30.5 Å². The Hall–Kier alpha value is -1.86. The van der Waals surface area contributed by atoms with Crippen LogP contribution in [-0.4, -0.2) is 64.9 Å². The van der Waals surface area contributed by atoms with Gasteiger partial charge in [-0.15, -0.1) is 0 Å². The number of rotatable bonds is 5. The summed E-state index contributed by atoms with van der Waals surface area (Å²) >= 11 is 0. The van der Waals surface area contributed by atoms with Crippen molar-refractivity contribution in [3.8, 4) is 0 Å². The van der Waals surface area contributed by atoms with Crippen LogP contribution in [0.25, 0.3) is 11.2 Å². The van der Waals surface area contributed by atoms with Crippen molar-refractivity contribution >= 4 is 27.1 Å². The minimum absolute atomic E-state index is 0.179. The summed E-state index contributed by atoms with van der Waals surface area (Å²) in [5.41, 5.74) is 6.95. The van der Waals surface area contributed by atoms with Gasteiger partial charge in [-0.3, -0.25) is 8.75 Å². The molecule has 4 atom stereocenters. The van der Waals surface area contributed by atoms with Crippen molar-refractivity contribution in [2.45, 2.75) is 57.5 Å². The first kappa shape index (κ1) is 19.5. The van der Waals surface area contributed by atoms with Gasteiger partial charge in [-0.05, 0) is 13.8 Å². The molecule has 11 nitrogen and oxygen atoms in total. The second-order valence-corrected chi connectivity index (χ2v) is 8.95. The number of imidazole rings is 1. The Morgan fingerprint density at radius 1 is 1.29 bits per heavy atom. The number of hydrogen-bond acceptors (Lipinski definition) is 10. The number of anilines is 1. The van der Waals surface area contributed by atoms with Crippen molar-refractivity contribution in [1.82, 2.24) is 19.5 Å². The molecule has 2 aromatic heterocycles. The molecule has 0 radical (unpaired) electrons. The molecule has 2 fully saturated rings. The van der Waals surface area contributed by atoms with Gasteiger partial charge in [0.2, 0.25) is 0 Å². The minimum Gasteiger partial charge on any atom is -0.382 e. The molecule has 2 N–H and O–H groups in total. The fraction of sp³-hybridized carbons (Fsp3) is 0.688. The SMILES string of the molecule is CCc1nc2c(N)ncnc2n1[C@@H]1O[C@H](COS(C)(=O)=O)[C@H]2OC(C)(C)O[C@H]21. The molecular weight excluding hydrogens is 390 g/mol. The number of aromatic nitrogens is 4. The number of nitrogens with two attached hydrogens (primary N) is 1. The highest BCUT2D eigenvalue weighted by atomic mass is 32.2. The van der Waals surface area contributed by atoms with Crippen LogP contribution in [0.5, 0.6) is 0 Å². The maximum atomic E-state index is 11.4. The van der Waals surface area contributed by atoms with E-state index in [0.29, 0.717) is 23.4 Å². The molecule has 0 aliphatic carbocycles. The Balaban J connectivity index is 1.75. The third kappa shape index (κ3) is 3.35. The van der Waals surface area contributed by atoms with E-state index in [2.05, 4.69) is 15.0 Å². The first-order chi connectivity index (χ1) is 13.1. The summed E-state index contributed by atoms with van der Waals surface area (Å²) in [5.74, 6) is 0.120. The number of ether oxygens (including phenoxy) is 3. The summed E-state index contributed by atoms with van der Waals surface area (Å²) in [6.45, 7) is 5.36. The van der Waals surface area contributed by atoms with E-state index in [0.717, 1.165) is 6.26 Å². The van der Waals surface area contributed by atoms with Crippen molar-refractivity contribution in [2.24, 2.45) is 0 Å². The lowest BCUT2D eigenvalue weighted by molar-refractivity contribution is -0.199. The summed E-state index contributed by atoms with van der Waals surface area (Å²) in [6, 6.07) is 0. The van der Waals surface area contributed by atoms with Crippen LogP contribution in [0, 0.1) is 0 Å². The first-order valence-electron chi connectivity index (χ1n) is 8.92. The summed E-state index contributed by atoms with van der Waals surface area (Å²) in [6.07, 6.45) is 0.668. The Labute approximate surface area is 162 Å². The van der Waals surface area contributed by atoms with Gasteiger partial charge in [0.25, 0.3) is 10.1 Å². The number of hydrogen-bond donors (Lipinski definition) is 1. The molecule has 0 bridgehead atoms. The largest absolute Gasteiger partial charge is 0.382 e. The molecule has 12 heteroatoms. The second-order valence-electron chi connectivity index (χ2n) is 7.30. The number of nitrogen functional groups attached to an aromatic ring is 1. The number of nitrogens with zero attached hydrogens (tertiary/aromatic N) is 4. The van der Waals surface area contributed by atoms with E-state index in [9.17, 15) is 8.42 Å². The van der Waals surface area contributed by atoms with Crippen molar-refractivity contribution in [3.05, 3.63) is 12.2 Å². The first-order valence-corrected chi connectivity index (χ1v) is 10.7. The topological polar surface area (TPSA) is 141 Å². The van der Waals surface area contributed by atoms with E-state index in [1.807, 2.05) is 11.5 Å². The Morgan fingerprint density at radius 2 is 2.00 bits per heavy atom. The van der Waals surface area contributed by atoms with E-state index in [1.165, 1.54) is 6.33 Å². The van der Waals surface area contributed by atoms with Crippen molar-refractivity contribution in [3.63, 3.8) is 0 Å². The molecule has 0 aromatic carbocycles. The van der Waals surface area contributed by atoms with Crippen molar-refractivity contribution < 1.29 is 26.8 Å². The number of aryl methyl sites for hydroxylation is 1. The van der Waals surface area contributed by atoms with Crippen LogP contribution in [0.2, 0.25) is 0 Å². The van der Waals surface area contributed by atoms with E-state index < -0.39 is 40.4 Å². The molecule has 2 aliphatic rings. The molecule has 4 rings (SSSR count). The summed E-state index contributed by atoms with van der Waals surface area (Å²) in [5, 5.41) is 0. The fourth-order valence-electron chi connectivity index (χ4n) is 3.68. The van der Waals surface area contributed by atoms with Gasteiger partial charge in [0.15, 0.2) is 29.0 Å². The molecule has 0 spiro atoms. The maximum absolute atomic E-state index is 11.4. The molecular formula is C16H23N5O6S. The quantitative estimate of drug-likeness (QED) is 0.683. The van der Waals surface area contributed by atoms with Gasteiger partial charge in [-0.25, -0.2) is 15.0 Å². The molecule has 0 unspecified atom stereocenters. The lowest BCUT2D eigenvalue weighted by Gasteiger charge is -2.25. The summed E-state index contributed by atoms with van der Waals surface area (Å²) < 4.78 is 47.8.